The summed E-state index contributed by atoms with van der Waals surface area (Å²) < 4.78 is 5.91. The molecule has 4 N–H and O–H groups in total. The molecule has 0 unspecified atom stereocenters. The number of ether oxygens (including phenoxy) is 1. The molecule has 0 aliphatic carbocycles. The normalized spacial score (nSPS) is 11.9. The third-order valence-corrected chi connectivity index (χ3v) is 9.09. The molecule has 1 atom stereocenters. The molecule has 4 aromatic rings. The van der Waals surface area contributed by atoms with Crippen LogP contribution in [0.5, 0.6) is 5.75 Å². The van der Waals surface area contributed by atoms with Crippen molar-refractivity contribution in [2.75, 3.05) is 11.9 Å². The van der Waals surface area contributed by atoms with Crippen molar-refractivity contribution in [3.63, 3.8) is 0 Å². The van der Waals surface area contributed by atoms with Gasteiger partial charge in [-0.15, -0.1) is 0 Å². The molecule has 0 heterocycles. The minimum atomic E-state index is -0.568. The Bertz CT molecular complexity index is 1350. The summed E-state index contributed by atoms with van der Waals surface area (Å²) >= 11 is -0.0689. The zero-order chi connectivity index (χ0) is 28.7. The standard InChI is InChI=1S/C34H38AsN2O4/c38-24-30-22-29(16-17-33(30)41-25-28-11-5-2-6-12-28)32(39)23-35-19-18-27-13-7-15-31(21-27)37-34(40)36-20-8-14-26-9-3-1-4-10-26/h1-7,9-13,15-17,21-22,32,38-39H,8,14,18-20,23-25H2,(H2,36,37,40)/t32-/m1/s1. The minimum absolute atomic E-state index is 0.0689. The molecule has 4 aromatic carbocycles. The second-order valence-electron chi connectivity index (χ2n) is 9.87. The summed E-state index contributed by atoms with van der Waals surface area (Å²) in [5, 5.41) is 28.2. The number of aliphatic hydroxyl groups excluding tert-OH is 2. The zero-order valence-corrected chi connectivity index (χ0v) is 25.1. The number of anilines is 1. The summed E-state index contributed by atoms with van der Waals surface area (Å²) in [6.45, 7) is 0.904. The Kier molecular flexibility index (Phi) is 12.3. The van der Waals surface area contributed by atoms with Gasteiger partial charge in [-0.2, -0.15) is 0 Å². The first-order chi connectivity index (χ1) is 20.1. The molecule has 7 heteroatoms. The number of benzene rings is 4. The topological polar surface area (TPSA) is 90.8 Å². The molecule has 0 saturated heterocycles. The molecule has 4 rings (SSSR count). The van der Waals surface area contributed by atoms with E-state index in [1.54, 1.807) is 0 Å². The van der Waals surface area contributed by atoms with E-state index in [0.717, 1.165) is 46.5 Å². The molecular weight excluding hydrogens is 575 g/mol. The van der Waals surface area contributed by atoms with Crippen LogP contribution in [0.25, 0.3) is 0 Å². The fourth-order valence-electron chi connectivity index (χ4n) is 4.45. The first-order valence-corrected chi connectivity index (χ1v) is 16.7. The van der Waals surface area contributed by atoms with E-state index in [1.807, 2.05) is 84.9 Å². The number of nitrogens with one attached hydrogen (secondary N) is 2. The van der Waals surface area contributed by atoms with Gasteiger partial charge in [0.1, 0.15) is 0 Å². The van der Waals surface area contributed by atoms with Crippen molar-refractivity contribution in [1.82, 2.24) is 5.32 Å². The Hall–Kier alpha value is -3.57. The second-order valence-corrected chi connectivity index (χ2v) is 12.5. The van der Waals surface area contributed by atoms with Crippen molar-refractivity contribution in [3.05, 3.63) is 131 Å². The van der Waals surface area contributed by atoms with Crippen molar-refractivity contribution < 1.29 is 19.7 Å². The fraction of sp³-hybridized carbons (Fsp3) is 0.265. The first-order valence-electron chi connectivity index (χ1n) is 14.0. The second kappa shape index (κ2) is 16.6. The summed E-state index contributed by atoms with van der Waals surface area (Å²) in [4.78, 5) is 12.3. The molecule has 213 valence electrons. The number of aliphatic hydroxyl groups is 2. The van der Waals surface area contributed by atoms with Gasteiger partial charge < -0.3 is 0 Å². The number of amides is 2. The molecule has 0 fully saturated rings. The Labute approximate surface area is 249 Å². The van der Waals surface area contributed by atoms with Crippen LogP contribution in [0, 0.1) is 0 Å². The monoisotopic (exact) mass is 613 g/mol. The number of aryl methyl sites for hydroxylation is 2. The van der Waals surface area contributed by atoms with E-state index in [2.05, 4.69) is 28.8 Å². The van der Waals surface area contributed by atoms with Gasteiger partial charge in [-0.05, 0) is 0 Å². The number of hydrogen-bond donors (Lipinski definition) is 4. The SMILES string of the molecule is O=C(NCCCc1ccccc1)Nc1cccc(CC[As]C[C@@H](O)c2ccc(OCc3ccccc3)c(CO)c2)c1. The van der Waals surface area contributed by atoms with Crippen LogP contribution in [0.3, 0.4) is 0 Å². The van der Waals surface area contributed by atoms with E-state index >= 15 is 0 Å². The number of hydrogen-bond acceptors (Lipinski definition) is 4. The van der Waals surface area contributed by atoms with Crippen LogP contribution < -0.4 is 15.4 Å². The van der Waals surface area contributed by atoms with Crippen molar-refractivity contribution >= 4 is 27.5 Å². The van der Waals surface area contributed by atoms with Crippen molar-refractivity contribution in [3.8, 4) is 5.75 Å². The predicted molar refractivity (Wildman–Crippen MR) is 165 cm³/mol. The van der Waals surface area contributed by atoms with Crippen LogP contribution in [0.2, 0.25) is 10.4 Å². The van der Waals surface area contributed by atoms with Crippen molar-refractivity contribution in [1.29, 1.82) is 0 Å². The maximum atomic E-state index is 12.3. The average Bonchev–Trinajstić information content (AvgIpc) is 3.01. The number of carbonyl (C=O) groups is 1. The molecule has 0 aliphatic rings. The van der Waals surface area contributed by atoms with E-state index in [-0.39, 0.29) is 28.4 Å². The van der Waals surface area contributed by atoms with Gasteiger partial charge in [0.25, 0.3) is 0 Å². The van der Waals surface area contributed by atoms with Crippen LogP contribution >= 0.6 is 0 Å². The number of urea groups is 1. The fourth-order valence-corrected chi connectivity index (χ4v) is 6.66. The van der Waals surface area contributed by atoms with E-state index in [0.29, 0.717) is 24.5 Å². The van der Waals surface area contributed by atoms with Crippen molar-refractivity contribution in [2.24, 2.45) is 0 Å². The number of carbonyl (C=O) groups excluding carboxylic acids is 1. The quantitative estimate of drug-likeness (QED) is 0.0932. The average molecular weight is 614 g/mol. The number of rotatable bonds is 15. The predicted octanol–water partition coefficient (Wildman–Crippen LogP) is 6.33. The molecule has 0 aliphatic heterocycles. The molecule has 2 amide bonds. The molecule has 0 saturated carbocycles. The van der Waals surface area contributed by atoms with Crippen molar-refractivity contribution in [2.45, 2.75) is 49.0 Å². The van der Waals surface area contributed by atoms with Gasteiger partial charge in [0.2, 0.25) is 0 Å². The summed E-state index contributed by atoms with van der Waals surface area (Å²) in [5.41, 5.74) is 5.76. The van der Waals surface area contributed by atoms with Gasteiger partial charge in [-0.25, -0.2) is 0 Å². The van der Waals surface area contributed by atoms with Gasteiger partial charge in [-0.3, -0.25) is 0 Å². The van der Waals surface area contributed by atoms with Crippen LogP contribution in [-0.2, 0) is 26.1 Å². The zero-order valence-electron chi connectivity index (χ0n) is 23.2. The first kappa shape index (κ1) is 30.4. The molecule has 0 aromatic heterocycles. The molecular formula is C34H38AsN2O4. The molecule has 0 spiro atoms. The Morgan fingerprint density at radius 1 is 0.829 bits per heavy atom. The van der Waals surface area contributed by atoms with Crippen LogP contribution in [0.4, 0.5) is 10.5 Å². The van der Waals surface area contributed by atoms with Gasteiger partial charge in [-0.1, -0.05) is 30.3 Å². The molecule has 1 radical (unpaired) electrons. The molecule has 6 nitrogen and oxygen atoms in total. The van der Waals surface area contributed by atoms with E-state index in [1.165, 1.54) is 11.1 Å². The summed E-state index contributed by atoms with van der Waals surface area (Å²) in [7, 11) is 0. The van der Waals surface area contributed by atoms with Crippen LogP contribution in [-0.4, -0.2) is 38.5 Å². The maximum absolute atomic E-state index is 12.3. The molecule has 41 heavy (non-hydrogen) atoms. The van der Waals surface area contributed by atoms with Gasteiger partial charge >= 0.3 is 220 Å². The van der Waals surface area contributed by atoms with E-state index < -0.39 is 6.10 Å². The van der Waals surface area contributed by atoms with Crippen LogP contribution in [0.15, 0.2) is 103 Å². The van der Waals surface area contributed by atoms with E-state index in [9.17, 15) is 15.0 Å². The summed E-state index contributed by atoms with van der Waals surface area (Å²) in [5.74, 6) is 0.634. The van der Waals surface area contributed by atoms with E-state index in [4.69, 9.17) is 4.74 Å². The molecule has 0 bridgehead atoms. The van der Waals surface area contributed by atoms with Gasteiger partial charge in [0.05, 0.1) is 0 Å². The third kappa shape index (κ3) is 10.4. The Morgan fingerprint density at radius 3 is 2.32 bits per heavy atom. The summed E-state index contributed by atoms with van der Waals surface area (Å²) in [6.07, 6.45) is 2.15. The third-order valence-electron chi connectivity index (χ3n) is 6.69. The Morgan fingerprint density at radius 2 is 1.56 bits per heavy atom. The van der Waals surface area contributed by atoms with Gasteiger partial charge in [0, 0.05) is 0 Å². The van der Waals surface area contributed by atoms with Gasteiger partial charge in [0.15, 0.2) is 0 Å². The Balaban J connectivity index is 1.16. The summed E-state index contributed by atoms with van der Waals surface area (Å²) in [6, 6.07) is 33.5. The van der Waals surface area contributed by atoms with Crippen LogP contribution in [0.1, 0.15) is 40.3 Å².